The third-order valence-electron chi connectivity index (χ3n) is 2.96. The predicted octanol–water partition coefficient (Wildman–Crippen LogP) is 4.04. The first-order chi connectivity index (χ1) is 9.30. The van der Waals surface area contributed by atoms with E-state index in [0.29, 0.717) is 24.5 Å². The summed E-state index contributed by atoms with van der Waals surface area (Å²) in [5.74, 6) is 1.34. The van der Waals surface area contributed by atoms with E-state index in [4.69, 9.17) is 4.74 Å². The minimum atomic E-state index is 0.464. The van der Waals surface area contributed by atoms with E-state index < -0.39 is 0 Å². The Kier molecular flexibility index (Phi) is 7.94. The molecule has 1 atom stereocenters. The lowest BCUT2D eigenvalue weighted by atomic mass is 10.1. The van der Waals surface area contributed by atoms with Crippen LogP contribution >= 0.6 is 0 Å². The van der Waals surface area contributed by atoms with Crippen LogP contribution in [-0.2, 0) is 0 Å². The van der Waals surface area contributed by atoms with Crippen molar-refractivity contribution in [3.8, 4) is 5.88 Å². The Bertz CT molecular complexity index is 344. The van der Waals surface area contributed by atoms with E-state index in [9.17, 15) is 0 Å². The zero-order chi connectivity index (χ0) is 13.9. The van der Waals surface area contributed by atoms with Crippen LogP contribution in [0, 0.1) is 0 Å². The zero-order valence-electron chi connectivity index (χ0n) is 12.5. The van der Waals surface area contributed by atoms with Crippen LogP contribution in [0.5, 0.6) is 5.88 Å². The van der Waals surface area contributed by atoms with Gasteiger partial charge in [0.15, 0.2) is 0 Å². The molecule has 4 nitrogen and oxygen atoms in total. The van der Waals surface area contributed by atoms with Gasteiger partial charge in [0.1, 0.15) is 0 Å². The van der Waals surface area contributed by atoms with Crippen LogP contribution in [0.15, 0.2) is 12.3 Å². The van der Waals surface area contributed by atoms with Crippen LogP contribution in [0.2, 0.25) is 0 Å². The summed E-state index contributed by atoms with van der Waals surface area (Å²) in [6.45, 7) is 7.22. The van der Waals surface area contributed by atoms with Crippen LogP contribution in [0.1, 0.15) is 59.3 Å². The molecule has 19 heavy (non-hydrogen) atoms. The molecule has 1 rings (SSSR count). The molecule has 0 fully saturated rings. The topological polar surface area (TPSA) is 47.0 Å². The van der Waals surface area contributed by atoms with Crippen molar-refractivity contribution < 1.29 is 4.74 Å². The molecular formula is C15H27N3O. The molecule has 1 aromatic heterocycles. The third kappa shape index (κ3) is 6.41. The van der Waals surface area contributed by atoms with Gasteiger partial charge in [-0.3, -0.25) is 0 Å². The average Bonchev–Trinajstić information content (AvgIpc) is 2.43. The summed E-state index contributed by atoms with van der Waals surface area (Å²) in [7, 11) is 0. The molecule has 108 valence electrons. The smallest absolute Gasteiger partial charge is 0.226 e. The van der Waals surface area contributed by atoms with Crippen molar-refractivity contribution in [2.75, 3.05) is 11.9 Å². The van der Waals surface area contributed by atoms with Crippen molar-refractivity contribution in [3.05, 3.63) is 12.3 Å². The maximum atomic E-state index is 5.53. The molecular weight excluding hydrogens is 238 g/mol. The van der Waals surface area contributed by atoms with Gasteiger partial charge in [0, 0.05) is 18.3 Å². The van der Waals surface area contributed by atoms with Crippen LogP contribution in [0.3, 0.4) is 0 Å². The number of anilines is 1. The van der Waals surface area contributed by atoms with Crippen LogP contribution < -0.4 is 10.1 Å². The van der Waals surface area contributed by atoms with Gasteiger partial charge in [-0.15, -0.1) is 0 Å². The maximum absolute atomic E-state index is 5.53. The Morgan fingerprint density at radius 3 is 2.68 bits per heavy atom. The first-order valence-corrected chi connectivity index (χ1v) is 7.52. The van der Waals surface area contributed by atoms with Crippen molar-refractivity contribution >= 4 is 5.95 Å². The second-order valence-electron chi connectivity index (χ2n) is 4.84. The van der Waals surface area contributed by atoms with Crippen LogP contribution in [0.4, 0.5) is 5.95 Å². The zero-order valence-corrected chi connectivity index (χ0v) is 12.5. The largest absolute Gasteiger partial charge is 0.478 e. The predicted molar refractivity (Wildman–Crippen MR) is 79.7 cm³/mol. The fraction of sp³-hybridized carbons (Fsp3) is 0.733. The summed E-state index contributed by atoms with van der Waals surface area (Å²) in [6, 6.07) is 2.27. The van der Waals surface area contributed by atoms with Gasteiger partial charge < -0.3 is 10.1 Å². The number of unbranched alkanes of at least 4 members (excludes halogenated alkanes) is 1. The molecule has 1 N–H and O–H groups in total. The van der Waals surface area contributed by atoms with Crippen LogP contribution in [-0.4, -0.2) is 22.6 Å². The van der Waals surface area contributed by atoms with Gasteiger partial charge in [0.05, 0.1) is 6.61 Å². The summed E-state index contributed by atoms with van der Waals surface area (Å²) in [6.07, 6.45) is 8.71. The summed E-state index contributed by atoms with van der Waals surface area (Å²) < 4.78 is 5.53. The number of nitrogens with zero attached hydrogens (tertiary/aromatic N) is 2. The summed E-state index contributed by atoms with van der Waals surface area (Å²) in [5, 5.41) is 3.43. The van der Waals surface area contributed by atoms with Crippen molar-refractivity contribution in [3.63, 3.8) is 0 Å². The van der Waals surface area contributed by atoms with Gasteiger partial charge in [-0.1, -0.05) is 40.0 Å². The number of hydrogen-bond donors (Lipinski definition) is 1. The van der Waals surface area contributed by atoms with Gasteiger partial charge in [-0.05, 0) is 19.3 Å². The van der Waals surface area contributed by atoms with Gasteiger partial charge in [-0.2, -0.15) is 4.98 Å². The Morgan fingerprint density at radius 2 is 2.00 bits per heavy atom. The summed E-state index contributed by atoms with van der Waals surface area (Å²) in [5.41, 5.74) is 0. The number of hydrogen-bond acceptors (Lipinski definition) is 4. The molecule has 0 aliphatic carbocycles. The van der Waals surface area contributed by atoms with Gasteiger partial charge in [0.25, 0.3) is 0 Å². The van der Waals surface area contributed by atoms with Crippen molar-refractivity contribution in [2.45, 2.75) is 65.3 Å². The van der Waals surface area contributed by atoms with Crippen molar-refractivity contribution in [2.24, 2.45) is 0 Å². The lowest BCUT2D eigenvalue weighted by Gasteiger charge is -2.17. The first kappa shape index (κ1) is 15.7. The highest BCUT2D eigenvalue weighted by Gasteiger charge is 2.09. The van der Waals surface area contributed by atoms with E-state index in [1.54, 1.807) is 6.20 Å². The molecule has 0 saturated carbocycles. The molecule has 0 aromatic carbocycles. The standard InChI is InChI=1S/C15H27N3O/c1-4-7-9-13(8-5-2)17-15-16-11-10-14(18-15)19-12-6-3/h10-11,13H,4-9,12H2,1-3H3,(H,16,17,18). The molecule has 0 spiro atoms. The minimum absolute atomic E-state index is 0.464. The van der Waals surface area contributed by atoms with Gasteiger partial charge in [-0.25, -0.2) is 4.98 Å². The fourth-order valence-electron chi connectivity index (χ4n) is 1.97. The Labute approximate surface area is 117 Å². The first-order valence-electron chi connectivity index (χ1n) is 7.52. The Hall–Kier alpha value is -1.32. The lowest BCUT2D eigenvalue weighted by molar-refractivity contribution is 0.305. The highest BCUT2D eigenvalue weighted by atomic mass is 16.5. The van der Waals surface area contributed by atoms with Gasteiger partial charge >= 0.3 is 0 Å². The van der Waals surface area contributed by atoms with Gasteiger partial charge in [0.2, 0.25) is 11.8 Å². The Morgan fingerprint density at radius 1 is 1.16 bits per heavy atom. The summed E-state index contributed by atoms with van der Waals surface area (Å²) >= 11 is 0. The van der Waals surface area contributed by atoms with E-state index in [1.807, 2.05) is 6.07 Å². The molecule has 0 radical (unpaired) electrons. The second-order valence-corrected chi connectivity index (χ2v) is 4.84. The number of nitrogens with one attached hydrogen (secondary N) is 1. The third-order valence-corrected chi connectivity index (χ3v) is 2.96. The Balaban J connectivity index is 2.56. The summed E-state index contributed by atoms with van der Waals surface area (Å²) in [4.78, 5) is 8.67. The molecule has 0 aliphatic rings. The number of rotatable bonds is 10. The fourth-order valence-corrected chi connectivity index (χ4v) is 1.97. The van der Waals surface area contributed by atoms with E-state index in [0.717, 1.165) is 12.8 Å². The highest BCUT2D eigenvalue weighted by Crippen LogP contribution is 2.14. The number of ether oxygens (including phenoxy) is 1. The molecule has 1 unspecified atom stereocenters. The second kappa shape index (κ2) is 9.59. The lowest BCUT2D eigenvalue weighted by Crippen LogP contribution is -2.20. The minimum Gasteiger partial charge on any atom is -0.478 e. The molecule has 0 saturated heterocycles. The molecule has 1 heterocycles. The van der Waals surface area contributed by atoms with E-state index >= 15 is 0 Å². The normalized spacial score (nSPS) is 12.2. The molecule has 4 heteroatoms. The molecule has 0 amide bonds. The quantitative estimate of drug-likeness (QED) is 0.693. The number of aromatic nitrogens is 2. The molecule has 0 bridgehead atoms. The van der Waals surface area contributed by atoms with Crippen molar-refractivity contribution in [1.82, 2.24) is 9.97 Å². The van der Waals surface area contributed by atoms with Crippen molar-refractivity contribution in [1.29, 1.82) is 0 Å². The monoisotopic (exact) mass is 265 g/mol. The highest BCUT2D eigenvalue weighted by molar-refractivity contribution is 5.28. The molecule has 1 aromatic rings. The maximum Gasteiger partial charge on any atom is 0.226 e. The average molecular weight is 265 g/mol. The van der Waals surface area contributed by atoms with E-state index in [2.05, 4.69) is 36.1 Å². The van der Waals surface area contributed by atoms with E-state index in [1.165, 1.54) is 25.7 Å². The SMILES string of the molecule is CCCCC(CCC)Nc1nccc(OCCC)n1. The van der Waals surface area contributed by atoms with Crippen LogP contribution in [0.25, 0.3) is 0 Å². The van der Waals surface area contributed by atoms with E-state index in [-0.39, 0.29) is 0 Å². The molecule has 0 aliphatic heterocycles.